The van der Waals surface area contributed by atoms with Crippen molar-refractivity contribution in [1.29, 1.82) is 0 Å². The zero-order valence-electron chi connectivity index (χ0n) is 10.4. The van der Waals surface area contributed by atoms with E-state index in [1.54, 1.807) is 42.5 Å². The Balaban J connectivity index is 2.01. The molecule has 0 fully saturated rings. The van der Waals surface area contributed by atoms with Gasteiger partial charge in [0.05, 0.1) is 12.7 Å². The summed E-state index contributed by atoms with van der Waals surface area (Å²) in [6.07, 6.45) is 0. The van der Waals surface area contributed by atoms with Gasteiger partial charge in [0, 0.05) is 5.56 Å². The molecule has 2 rings (SSSR count). The summed E-state index contributed by atoms with van der Waals surface area (Å²) in [6, 6.07) is 12.9. The third-order valence-electron chi connectivity index (χ3n) is 2.63. The fourth-order valence-electron chi connectivity index (χ4n) is 1.58. The van der Waals surface area contributed by atoms with Gasteiger partial charge in [-0.3, -0.25) is 0 Å². The summed E-state index contributed by atoms with van der Waals surface area (Å²) < 4.78 is 23.4. The van der Waals surface area contributed by atoms with Crippen LogP contribution in [0.25, 0.3) is 0 Å². The van der Waals surface area contributed by atoms with Crippen LogP contribution in [0.15, 0.2) is 48.5 Å². The van der Waals surface area contributed by atoms with Crippen LogP contribution in [-0.4, -0.2) is 13.1 Å². The van der Waals surface area contributed by atoms with E-state index in [1.165, 1.54) is 13.2 Å². The highest BCUT2D eigenvalue weighted by atomic mass is 19.1. The molecule has 0 radical (unpaired) electrons. The van der Waals surface area contributed by atoms with Gasteiger partial charge in [0.1, 0.15) is 18.2 Å². The van der Waals surface area contributed by atoms with E-state index in [2.05, 4.69) is 4.74 Å². The molecule has 0 spiro atoms. The van der Waals surface area contributed by atoms with Gasteiger partial charge in [-0.2, -0.15) is 0 Å². The minimum Gasteiger partial charge on any atom is -0.489 e. The lowest BCUT2D eigenvalue weighted by atomic mass is 10.2. The van der Waals surface area contributed by atoms with Crippen molar-refractivity contribution in [3.05, 3.63) is 65.5 Å². The van der Waals surface area contributed by atoms with E-state index in [9.17, 15) is 9.18 Å². The second kappa shape index (κ2) is 6.00. The normalized spacial score (nSPS) is 10.0. The van der Waals surface area contributed by atoms with Crippen LogP contribution in [0.2, 0.25) is 0 Å². The number of hydrogen-bond donors (Lipinski definition) is 0. The number of carbonyl (C=O) groups is 1. The Bertz CT molecular complexity index is 564. The average Bonchev–Trinajstić information content (AvgIpc) is 2.46. The number of halogens is 1. The Morgan fingerprint density at radius 1 is 1.11 bits per heavy atom. The van der Waals surface area contributed by atoms with E-state index >= 15 is 0 Å². The highest BCUT2D eigenvalue weighted by Crippen LogP contribution is 2.15. The molecule has 19 heavy (non-hydrogen) atoms. The van der Waals surface area contributed by atoms with Gasteiger partial charge in [-0.05, 0) is 30.3 Å². The lowest BCUT2D eigenvalue weighted by Gasteiger charge is -2.07. The van der Waals surface area contributed by atoms with Crippen LogP contribution >= 0.6 is 0 Å². The third kappa shape index (κ3) is 3.31. The topological polar surface area (TPSA) is 35.5 Å². The first-order valence-corrected chi connectivity index (χ1v) is 5.75. The largest absolute Gasteiger partial charge is 0.489 e. The molecule has 0 aliphatic heterocycles. The maximum Gasteiger partial charge on any atom is 0.337 e. The van der Waals surface area contributed by atoms with Crippen LogP contribution < -0.4 is 4.74 Å². The molecule has 0 heterocycles. The van der Waals surface area contributed by atoms with E-state index in [1.807, 2.05) is 0 Å². The molecule has 0 unspecified atom stereocenters. The predicted octanol–water partition coefficient (Wildman–Crippen LogP) is 3.19. The molecule has 0 N–H and O–H groups in total. The average molecular weight is 260 g/mol. The molecule has 0 aliphatic carbocycles. The van der Waals surface area contributed by atoms with Crippen molar-refractivity contribution in [2.45, 2.75) is 6.61 Å². The van der Waals surface area contributed by atoms with Gasteiger partial charge < -0.3 is 9.47 Å². The SMILES string of the molecule is COC(=O)c1ccc(OCc2ccccc2F)cc1. The summed E-state index contributed by atoms with van der Waals surface area (Å²) in [6.45, 7) is 0.143. The Kier molecular flexibility index (Phi) is 4.13. The molecule has 0 saturated heterocycles. The third-order valence-corrected chi connectivity index (χ3v) is 2.63. The summed E-state index contributed by atoms with van der Waals surface area (Å²) in [7, 11) is 1.32. The summed E-state index contributed by atoms with van der Waals surface area (Å²) >= 11 is 0. The molecular weight excluding hydrogens is 247 g/mol. The molecule has 0 aromatic heterocycles. The summed E-state index contributed by atoms with van der Waals surface area (Å²) in [4.78, 5) is 11.2. The van der Waals surface area contributed by atoms with E-state index < -0.39 is 5.97 Å². The molecule has 4 heteroatoms. The van der Waals surface area contributed by atoms with Gasteiger partial charge in [-0.25, -0.2) is 9.18 Å². The van der Waals surface area contributed by atoms with Crippen LogP contribution in [0, 0.1) is 5.82 Å². The smallest absolute Gasteiger partial charge is 0.337 e. The number of methoxy groups -OCH3 is 1. The van der Waals surface area contributed by atoms with Crippen molar-refractivity contribution in [1.82, 2.24) is 0 Å². The van der Waals surface area contributed by atoms with Gasteiger partial charge in [0.15, 0.2) is 0 Å². The van der Waals surface area contributed by atoms with Crippen molar-refractivity contribution in [2.75, 3.05) is 7.11 Å². The fourth-order valence-corrected chi connectivity index (χ4v) is 1.58. The van der Waals surface area contributed by atoms with Gasteiger partial charge >= 0.3 is 5.97 Å². The van der Waals surface area contributed by atoms with Crippen molar-refractivity contribution in [2.24, 2.45) is 0 Å². The van der Waals surface area contributed by atoms with Crippen molar-refractivity contribution in [3.8, 4) is 5.75 Å². The van der Waals surface area contributed by atoms with E-state index in [-0.39, 0.29) is 12.4 Å². The monoisotopic (exact) mass is 260 g/mol. The number of hydrogen-bond acceptors (Lipinski definition) is 3. The quantitative estimate of drug-likeness (QED) is 0.792. The minimum absolute atomic E-state index is 0.143. The van der Waals surface area contributed by atoms with E-state index in [4.69, 9.17) is 4.74 Å². The molecule has 0 saturated carbocycles. The van der Waals surface area contributed by atoms with Crippen molar-refractivity contribution < 1.29 is 18.7 Å². The first-order chi connectivity index (χ1) is 9.20. The number of ether oxygens (including phenoxy) is 2. The first kappa shape index (κ1) is 13.1. The number of benzene rings is 2. The first-order valence-electron chi connectivity index (χ1n) is 5.75. The minimum atomic E-state index is -0.402. The highest BCUT2D eigenvalue weighted by Gasteiger charge is 2.05. The Morgan fingerprint density at radius 2 is 1.79 bits per heavy atom. The Labute approximate surface area is 110 Å². The lowest BCUT2D eigenvalue weighted by Crippen LogP contribution is -2.01. The van der Waals surface area contributed by atoms with Crippen LogP contribution in [0.3, 0.4) is 0 Å². The molecule has 98 valence electrons. The van der Waals surface area contributed by atoms with Gasteiger partial charge in [0.25, 0.3) is 0 Å². The fraction of sp³-hybridized carbons (Fsp3) is 0.133. The Morgan fingerprint density at radius 3 is 2.42 bits per heavy atom. The maximum atomic E-state index is 13.4. The van der Waals surface area contributed by atoms with Crippen LogP contribution in [-0.2, 0) is 11.3 Å². The molecule has 0 atom stereocenters. The van der Waals surface area contributed by atoms with Crippen LogP contribution in [0.5, 0.6) is 5.75 Å². The van der Waals surface area contributed by atoms with Gasteiger partial charge in [0.2, 0.25) is 0 Å². The number of rotatable bonds is 4. The Hall–Kier alpha value is -2.36. The second-order valence-corrected chi connectivity index (χ2v) is 3.90. The zero-order valence-corrected chi connectivity index (χ0v) is 10.4. The number of esters is 1. The second-order valence-electron chi connectivity index (χ2n) is 3.90. The summed E-state index contributed by atoms with van der Waals surface area (Å²) in [5.41, 5.74) is 0.931. The molecular formula is C15H13FO3. The maximum absolute atomic E-state index is 13.4. The number of carbonyl (C=O) groups excluding carboxylic acids is 1. The van der Waals surface area contributed by atoms with E-state index in [0.29, 0.717) is 16.9 Å². The molecule has 2 aromatic carbocycles. The van der Waals surface area contributed by atoms with E-state index in [0.717, 1.165) is 0 Å². The molecule has 0 aliphatic rings. The van der Waals surface area contributed by atoms with Gasteiger partial charge in [-0.15, -0.1) is 0 Å². The summed E-state index contributed by atoms with van der Waals surface area (Å²) in [5, 5.41) is 0. The summed E-state index contributed by atoms with van der Waals surface area (Å²) in [5.74, 6) is -0.134. The molecule has 0 amide bonds. The lowest BCUT2D eigenvalue weighted by molar-refractivity contribution is 0.0600. The van der Waals surface area contributed by atoms with Gasteiger partial charge in [-0.1, -0.05) is 18.2 Å². The highest BCUT2D eigenvalue weighted by molar-refractivity contribution is 5.89. The van der Waals surface area contributed by atoms with Crippen LogP contribution in [0.4, 0.5) is 4.39 Å². The molecule has 2 aromatic rings. The molecule has 0 bridgehead atoms. The molecule has 3 nitrogen and oxygen atoms in total. The van der Waals surface area contributed by atoms with Crippen LogP contribution in [0.1, 0.15) is 15.9 Å². The van der Waals surface area contributed by atoms with Crippen molar-refractivity contribution >= 4 is 5.97 Å². The zero-order chi connectivity index (χ0) is 13.7. The standard InChI is InChI=1S/C15H13FO3/c1-18-15(17)11-6-8-13(9-7-11)19-10-12-4-2-3-5-14(12)16/h2-9H,10H2,1H3. The van der Waals surface area contributed by atoms with Crippen molar-refractivity contribution in [3.63, 3.8) is 0 Å². The predicted molar refractivity (Wildman–Crippen MR) is 68.5 cm³/mol.